The molecule has 2 nitrogen and oxygen atoms in total. The molecule has 1 atom stereocenters. The largest absolute Gasteiger partial charge is 0.462 e. The summed E-state index contributed by atoms with van der Waals surface area (Å²) in [6.45, 7) is 3.70. The fraction of sp³-hybridized carbons (Fsp3) is 0.909. The van der Waals surface area contributed by atoms with Crippen LogP contribution in [0, 0.1) is 5.92 Å². The number of carbonyl (C=O) groups excluding carboxylic acids is 1. The molecule has 0 aliphatic heterocycles. The van der Waals surface area contributed by atoms with Gasteiger partial charge in [0.05, 0.1) is 5.92 Å². The van der Waals surface area contributed by atoms with E-state index >= 15 is 0 Å². The lowest BCUT2D eigenvalue weighted by atomic mass is 9.94. The van der Waals surface area contributed by atoms with E-state index in [1.54, 1.807) is 6.92 Å². The molecule has 1 aliphatic rings. The van der Waals surface area contributed by atoms with E-state index in [9.17, 15) is 13.6 Å². The van der Waals surface area contributed by atoms with Crippen molar-refractivity contribution in [2.75, 3.05) is 0 Å². The number of carbonyl (C=O) groups is 1. The Morgan fingerprint density at radius 2 is 2.00 bits per heavy atom. The van der Waals surface area contributed by atoms with Gasteiger partial charge in [-0.2, -0.15) is 0 Å². The van der Waals surface area contributed by atoms with Crippen molar-refractivity contribution >= 4 is 5.97 Å². The summed E-state index contributed by atoms with van der Waals surface area (Å²) in [5.74, 6) is -2.95. The molecule has 1 fully saturated rings. The summed E-state index contributed by atoms with van der Waals surface area (Å²) in [7, 11) is 0. The second-order valence-corrected chi connectivity index (χ2v) is 4.30. The van der Waals surface area contributed by atoms with Gasteiger partial charge in [-0.1, -0.05) is 13.8 Å². The molecular weight excluding hydrogens is 202 g/mol. The molecule has 15 heavy (non-hydrogen) atoms. The quantitative estimate of drug-likeness (QED) is 0.683. The van der Waals surface area contributed by atoms with E-state index in [2.05, 4.69) is 0 Å². The van der Waals surface area contributed by atoms with Crippen molar-refractivity contribution < 1.29 is 18.3 Å². The maximum Gasteiger partial charge on any atom is 0.308 e. The van der Waals surface area contributed by atoms with Crippen LogP contribution < -0.4 is 0 Å². The summed E-state index contributed by atoms with van der Waals surface area (Å²) in [6.07, 6.45) is 0.675. The average molecular weight is 220 g/mol. The molecule has 1 unspecified atom stereocenters. The van der Waals surface area contributed by atoms with Gasteiger partial charge in [0, 0.05) is 12.8 Å². The van der Waals surface area contributed by atoms with E-state index in [0.29, 0.717) is 0 Å². The number of alkyl halides is 2. The maximum absolute atomic E-state index is 12.8. The molecule has 88 valence electrons. The van der Waals surface area contributed by atoms with E-state index in [1.807, 2.05) is 6.92 Å². The van der Waals surface area contributed by atoms with Crippen molar-refractivity contribution in [3.63, 3.8) is 0 Å². The minimum atomic E-state index is -2.56. The van der Waals surface area contributed by atoms with Crippen LogP contribution in [0.3, 0.4) is 0 Å². The first-order valence-electron chi connectivity index (χ1n) is 5.53. The Bertz CT molecular complexity index is 219. The zero-order valence-corrected chi connectivity index (χ0v) is 9.26. The summed E-state index contributed by atoms with van der Waals surface area (Å²) >= 11 is 0. The molecule has 0 amide bonds. The third kappa shape index (κ3) is 3.76. The van der Waals surface area contributed by atoms with Crippen LogP contribution in [0.4, 0.5) is 8.78 Å². The standard InChI is InChI=1S/C11H18F2O2/c1-3-8(2)10(14)15-9-4-6-11(12,13)7-5-9/h8-9H,3-7H2,1-2H3. The highest BCUT2D eigenvalue weighted by Crippen LogP contribution is 2.34. The number of ether oxygens (including phenoxy) is 1. The van der Waals surface area contributed by atoms with Crippen molar-refractivity contribution in [2.24, 2.45) is 5.92 Å². The van der Waals surface area contributed by atoms with Crippen LogP contribution in [0.5, 0.6) is 0 Å². The summed E-state index contributed by atoms with van der Waals surface area (Å²) in [5, 5.41) is 0. The second-order valence-electron chi connectivity index (χ2n) is 4.30. The van der Waals surface area contributed by atoms with Gasteiger partial charge in [0.15, 0.2) is 0 Å². The SMILES string of the molecule is CCC(C)C(=O)OC1CCC(F)(F)CC1. The van der Waals surface area contributed by atoms with E-state index in [-0.39, 0.29) is 43.7 Å². The number of hydrogen-bond acceptors (Lipinski definition) is 2. The van der Waals surface area contributed by atoms with Crippen LogP contribution in [-0.4, -0.2) is 18.0 Å². The molecule has 0 aromatic heterocycles. The van der Waals surface area contributed by atoms with Gasteiger partial charge in [-0.05, 0) is 19.3 Å². The summed E-state index contributed by atoms with van der Waals surface area (Å²) in [4.78, 5) is 11.4. The van der Waals surface area contributed by atoms with Crippen molar-refractivity contribution in [2.45, 2.75) is 58.0 Å². The van der Waals surface area contributed by atoms with Crippen molar-refractivity contribution in [1.82, 2.24) is 0 Å². The van der Waals surface area contributed by atoms with Gasteiger partial charge >= 0.3 is 5.97 Å². The van der Waals surface area contributed by atoms with Crippen LogP contribution in [0.25, 0.3) is 0 Å². The molecule has 0 N–H and O–H groups in total. The van der Waals surface area contributed by atoms with Crippen molar-refractivity contribution in [3.05, 3.63) is 0 Å². The van der Waals surface area contributed by atoms with Gasteiger partial charge in [0.1, 0.15) is 6.10 Å². The number of esters is 1. The predicted molar refractivity (Wildman–Crippen MR) is 52.8 cm³/mol. The zero-order valence-electron chi connectivity index (χ0n) is 9.26. The molecule has 0 aromatic rings. The van der Waals surface area contributed by atoms with Crippen LogP contribution >= 0.6 is 0 Å². The minimum absolute atomic E-state index is 0.132. The first-order valence-corrected chi connectivity index (χ1v) is 5.53. The van der Waals surface area contributed by atoms with Gasteiger partial charge < -0.3 is 4.74 Å². The molecule has 4 heteroatoms. The Balaban J connectivity index is 2.33. The summed E-state index contributed by atoms with van der Waals surface area (Å²) < 4.78 is 30.8. The van der Waals surface area contributed by atoms with E-state index < -0.39 is 5.92 Å². The highest BCUT2D eigenvalue weighted by Gasteiger charge is 2.36. The topological polar surface area (TPSA) is 26.3 Å². The molecule has 1 saturated carbocycles. The van der Waals surface area contributed by atoms with Gasteiger partial charge in [-0.3, -0.25) is 4.79 Å². The van der Waals surface area contributed by atoms with Gasteiger partial charge in [-0.15, -0.1) is 0 Å². The fourth-order valence-electron chi connectivity index (χ4n) is 1.58. The van der Waals surface area contributed by atoms with Crippen molar-refractivity contribution in [1.29, 1.82) is 0 Å². The number of rotatable bonds is 3. The van der Waals surface area contributed by atoms with Crippen molar-refractivity contribution in [3.8, 4) is 0 Å². The number of halogens is 2. The number of hydrogen-bond donors (Lipinski definition) is 0. The van der Waals surface area contributed by atoms with Crippen LogP contribution in [0.1, 0.15) is 46.0 Å². The Hall–Kier alpha value is -0.670. The molecule has 0 radical (unpaired) electrons. The lowest BCUT2D eigenvalue weighted by Gasteiger charge is -2.28. The van der Waals surface area contributed by atoms with Crippen LogP contribution in [0.15, 0.2) is 0 Å². The van der Waals surface area contributed by atoms with E-state index in [1.165, 1.54) is 0 Å². The van der Waals surface area contributed by atoms with E-state index in [0.717, 1.165) is 6.42 Å². The minimum Gasteiger partial charge on any atom is -0.462 e. The molecular formula is C11H18F2O2. The summed E-state index contributed by atoms with van der Waals surface area (Å²) in [5.41, 5.74) is 0. The van der Waals surface area contributed by atoms with E-state index in [4.69, 9.17) is 4.74 Å². The third-order valence-corrected chi connectivity index (χ3v) is 2.96. The predicted octanol–water partition coefficient (Wildman–Crippen LogP) is 3.15. The Labute approximate surface area is 89.0 Å². The first kappa shape index (κ1) is 12.4. The molecule has 0 heterocycles. The first-order chi connectivity index (χ1) is 6.94. The Morgan fingerprint density at radius 1 is 1.47 bits per heavy atom. The van der Waals surface area contributed by atoms with Gasteiger partial charge in [0.25, 0.3) is 0 Å². The zero-order chi connectivity index (χ0) is 11.5. The Morgan fingerprint density at radius 3 is 2.47 bits per heavy atom. The fourth-order valence-corrected chi connectivity index (χ4v) is 1.58. The van der Waals surface area contributed by atoms with Gasteiger partial charge in [0.2, 0.25) is 5.92 Å². The average Bonchev–Trinajstić information content (AvgIpc) is 2.20. The highest BCUT2D eigenvalue weighted by atomic mass is 19.3. The normalized spacial score (nSPS) is 23.5. The molecule has 1 rings (SSSR count). The summed E-state index contributed by atoms with van der Waals surface area (Å²) in [6, 6.07) is 0. The second kappa shape index (κ2) is 4.90. The Kier molecular flexibility index (Phi) is 4.05. The lowest BCUT2D eigenvalue weighted by molar-refractivity contribution is -0.159. The maximum atomic E-state index is 12.8. The highest BCUT2D eigenvalue weighted by molar-refractivity contribution is 5.72. The van der Waals surface area contributed by atoms with Crippen LogP contribution in [-0.2, 0) is 9.53 Å². The third-order valence-electron chi connectivity index (χ3n) is 2.96. The van der Waals surface area contributed by atoms with Crippen LogP contribution in [0.2, 0.25) is 0 Å². The molecule has 0 aromatic carbocycles. The lowest BCUT2D eigenvalue weighted by Crippen LogP contribution is -2.31. The smallest absolute Gasteiger partial charge is 0.308 e. The monoisotopic (exact) mass is 220 g/mol. The molecule has 0 bridgehead atoms. The molecule has 1 aliphatic carbocycles. The van der Waals surface area contributed by atoms with Gasteiger partial charge in [-0.25, -0.2) is 8.78 Å². The molecule has 0 spiro atoms. The molecule has 0 saturated heterocycles.